The number of benzene rings is 1. The molecule has 0 aromatic heterocycles. The second-order valence-corrected chi connectivity index (χ2v) is 7.34. The summed E-state index contributed by atoms with van der Waals surface area (Å²) in [7, 11) is 0. The smallest absolute Gasteiger partial charge is 0.144 e. The number of fused-ring (bicyclic) bond motifs is 1. The molecular weight excluding hydrogens is 312 g/mol. The van der Waals surface area contributed by atoms with Gasteiger partial charge in [-0.1, -0.05) is 6.92 Å². The number of aliphatic hydroxyl groups excluding tert-OH is 2. The second-order valence-electron chi connectivity index (χ2n) is 6.89. The topological polar surface area (TPSA) is 79.0 Å². The Morgan fingerprint density at radius 1 is 1.48 bits per heavy atom. The second kappa shape index (κ2) is 7.20. The monoisotopic (exact) mass is 340 g/mol. The van der Waals surface area contributed by atoms with Crippen LogP contribution in [0.5, 0.6) is 5.75 Å². The largest absolute Gasteiger partial charge is 0.489 e. The molecule has 1 aromatic carbocycles. The summed E-state index contributed by atoms with van der Waals surface area (Å²) in [4.78, 5) is 2.35. The molecule has 0 saturated heterocycles. The first-order valence-electron chi connectivity index (χ1n) is 8.03. The van der Waals surface area contributed by atoms with E-state index in [9.17, 15) is 5.11 Å². The number of ether oxygens (including phenoxy) is 1. The summed E-state index contributed by atoms with van der Waals surface area (Å²) < 4.78 is 5.60. The highest BCUT2D eigenvalue weighted by Gasteiger charge is 2.36. The van der Waals surface area contributed by atoms with Crippen LogP contribution in [-0.2, 0) is 0 Å². The molecule has 23 heavy (non-hydrogen) atoms. The molecule has 0 saturated carbocycles. The van der Waals surface area contributed by atoms with Crippen LogP contribution in [-0.4, -0.2) is 47.4 Å². The summed E-state index contributed by atoms with van der Waals surface area (Å²) in [6.45, 7) is 7.23. The molecule has 0 radical (unpaired) electrons. The predicted octanol–water partition coefficient (Wildman–Crippen LogP) is 2.02. The number of nitrogen functional groups attached to an aromatic ring is 1. The van der Waals surface area contributed by atoms with Gasteiger partial charge in [0.05, 0.1) is 12.3 Å². The average molecular weight is 340 g/mol. The molecule has 0 bridgehead atoms. The van der Waals surface area contributed by atoms with Crippen molar-refractivity contribution >= 4 is 24.0 Å². The number of nitrogens with zero attached hydrogens (tertiary/aromatic N) is 1. The summed E-state index contributed by atoms with van der Waals surface area (Å²) in [6.07, 6.45) is 0.144. The Labute approximate surface area is 143 Å². The molecule has 5 nitrogen and oxygen atoms in total. The molecule has 1 aliphatic heterocycles. The summed E-state index contributed by atoms with van der Waals surface area (Å²) in [5.41, 5.74) is 9.05. The Bertz CT molecular complexity index is 551. The number of nitrogens with two attached hydrogens (primary N) is 1. The van der Waals surface area contributed by atoms with Crippen LogP contribution in [0.15, 0.2) is 12.1 Å². The first-order chi connectivity index (χ1) is 10.8. The van der Waals surface area contributed by atoms with E-state index >= 15 is 0 Å². The van der Waals surface area contributed by atoms with Crippen molar-refractivity contribution in [2.75, 3.05) is 36.1 Å². The minimum atomic E-state index is -0.908. The van der Waals surface area contributed by atoms with Crippen LogP contribution < -0.4 is 15.4 Å². The van der Waals surface area contributed by atoms with Gasteiger partial charge in [0.1, 0.15) is 18.5 Å². The van der Waals surface area contributed by atoms with E-state index in [0.717, 1.165) is 24.4 Å². The molecule has 1 aromatic rings. The van der Waals surface area contributed by atoms with Crippen molar-refractivity contribution in [3.8, 4) is 5.75 Å². The molecule has 2 atom stereocenters. The highest BCUT2D eigenvalue weighted by molar-refractivity contribution is 7.80. The van der Waals surface area contributed by atoms with Crippen LogP contribution in [0.25, 0.3) is 0 Å². The molecule has 0 amide bonds. The van der Waals surface area contributed by atoms with Crippen molar-refractivity contribution in [1.82, 2.24) is 0 Å². The van der Waals surface area contributed by atoms with Crippen LogP contribution in [0.1, 0.15) is 38.7 Å². The maximum atomic E-state index is 9.47. The van der Waals surface area contributed by atoms with Gasteiger partial charge < -0.3 is 25.6 Å². The van der Waals surface area contributed by atoms with E-state index in [4.69, 9.17) is 15.6 Å². The van der Waals surface area contributed by atoms with Crippen molar-refractivity contribution in [2.45, 2.75) is 44.8 Å². The standard InChI is InChI=1S/C17H28N2O3S/c1-11-8-17(2,3)19(4-5-23)15-7-16(14(18)6-13(11)15)22-10-12(21)9-20/h6-7,11-12,20-21,23H,4-5,8-10,18H2,1-3H3. The molecule has 6 heteroatoms. The Kier molecular flexibility index (Phi) is 5.70. The Morgan fingerprint density at radius 3 is 2.78 bits per heavy atom. The lowest BCUT2D eigenvalue weighted by Crippen LogP contribution is -2.49. The zero-order chi connectivity index (χ0) is 17.2. The minimum Gasteiger partial charge on any atom is -0.489 e. The van der Waals surface area contributed by atoms with Gasteiger partial charge in [-0.2, -0.15) is 12.6 Å². The molecule has 0 spiro atoms. The molecule has 1 heterocycles. The molecular formula is C17H28N2O3S. The van der Waals surface area contributed by atoms with Gasteiger partial charge in [-0.3, -0.25) is 0 Å². The third-order valence-corrected chi connectivity index (χ3v) is 4.68. The van der Waals surface area contributed by atoms with E-state index in [-0.39, 0.29) is 18.8 Å². The highest BCUT2D eigenvalue weighted by atomic mass is 32.1. The van der Waals surface area contributed by atoms with E-state index in [1.165, 1.54) is 5.56 Å². The number of aliphatic hydroxyl groups is 2. The molecule has 1 aliphatic rings. The lowest BCUT2D eigenvalue weighted by molar-refractivity contribution is 0.0538. The van der Waals surface area contributed by atoms with Crippen LogP contribution in [0.4, 0.5) is 11.4 Å². The fraction of sp³-hybridized carbons (Fsp3) is 0.647. The molecule has 130 valence electrons. The fourth-order valence-electron chi connectivity index (χ4n) is 3.41. The summed E-state index contributed by atoms with van der Waals surface area (Å²) >= 11 is 4.39. The van der Waals surface area contributed by atoms with Gasteiger partial charge in [-0.05, 0) is 37.8 Å². The van der Waals surface area contributed by atoms with Gasteiger partial charge in [-0.15, -0.1) is 0 Å². The SMILES string of the molecule is CC1CC(C)(C)N(CCS)c2cc(OCC(O)CO)c(N)cc21. The zero-order valence-corrected chi connectivity index (χ0v) is 15.0. The Balaban J connectivity index is 2.38. The van der Waals surface area contributed by atoms with E-state index in [2.05, 4.69) is 38.3 Å². The van der Waals surface area contributed by atoms with Gasteiger partial charge in [0.2, 0.25) is 0 Å². The average Bonchev–Trinajstić information content (AvgIpc) is 2.49. The minimum absolute atomic E-state index is 0.0189. The normalized spacial score (nSPS) is 21.0. The van der Waals surface area contributed by atoms with Crippen molar-refractivity contribution in [3.05, 3.63) is 17.7 Å². The Morgan fingerprint density at radius 2 is 2.17 bits per heavy atom. The quantitative estimate of drug-likeness (QED) is 0.471. The summed E-state index contributed by atoms with van der Waals surface area (Å²) in [5, 5.41) is 18.4. The van der Waals surface area contributed by atoms with E-state index in [0.29, 0.717) is 17.4 Å². The first-order valence-corrected chi connectivity index (χ1v) is 8.67. The molecule has 0 aliphatic carbocycles. The number of thiol groups is 1. The van der Waals surface area contributed by atoms with Crippen molar-refractivity contribution in [3.63, 3.8) is 0 Å². The van der Waals surface area contributed by atoms with E-state index in [1.807, 2.05) is 12.1 Å². The fourth-order valence-corrected chi connectivity index (χ4v) is 3.61. The van der Waals surface area contributed by atoms with Gasteiger partial charge >= 0.3 is 0 Å². The first kappa shape index (κ1) is 18.2. The zero-order valence-electron chi connectivity index (χ0n) is 14.1. The van der Waals surface area contributed by atoms with Crippen LogP contribution in [0, 0.1) is 0 Å². The highest BCUT2D eigenvalue weighted by Crippen LogP contribution is 2.46. The van der Waals surface area contributed by atoms with Crippen molar-refractivity contribution in [2.24, 2.45) is 0 Å². The van der Waals surface area contributed by atoms with Crippen molar-refractivity contribution < 1.29 is 14.9 Å². The third kappa shape index (κ3) is 3.87. The maximum Gasteiger partial charge on any atom is 0.144 e. The van der Waals surface area contributed by atoms with E-state index < -0.39 is 6.10 Å². The van der Waals surface area contributed by atoms with Crippen LogP contribution in [0.2, 0.25) is 0 Å². The van der Waals surface area contributed by atoms with Crippen LogP contribution >= 0.6 is 12.6 Å². The van der Waals surface area contributed by atoms with Crippen molar-refractivity contribution in [1.29, 1.82) is 0 Å². The van der Waals surface area contributed by atoms with Crippen LogP contribution in [0.3, 0.4) is 0 Å². The molecule has 2 rings (SSSR count). The predicted molar refractivity (Wildman–Crippen MR) is 97.8 cm³/mol. The summed E-state index contributed by atoms with van der Waals surface area (Å²) in [6, 6.07) is 3.93. The van der Waals surface area contributed by atoms with E-state index in [1.54, 1.807) is 0 Å². The molecule has 0 fully saturated rings. The van der Waals surface area contributed by atoms with Gasteiger partial charge in [0.15, 0.2) is 0 Å². The number of anilines is 2. The number of rotatable bonds is 6. The lowest BCUT2D eigenvalue weighted by atomic mass is 9.80. The maximum absolute atomic E-state index is 9.47. The van der Waals surface area contributed by atoms with Gasteiger partial charge in [0.25, 0.3) is 0 Å². The molecule has 2 unspecified atom stereocenters. The number of hydrogen-bond donors (Lipinski definition) is 4. The van der Waals surface area contributed by atoms with Gasteiger partial charge in [-0.25, -0.2) is 0 Å². The Hall–Kier alpha value is -1.11. The third-order valence-electron chi connectivity index (χ3n) is 4.48. The van der Waals surface area contributed by atoms with Gasteiger partial charge in [0, 0.05) is 29.6 Å². The number of hydrogen-bond acceptors (Lipinski definition) is 6. The molecule has 4 N–H and O–H groups in total. The lowest BCUT2D eigenvalue weighted by Gasteiger charge is -2.47. The summed E-state index contributed by atoms with van der Waals surface area (Å²) in [5.74, 6) is 1.72.